The van der Waals surface area contributed by atoms with Gasteiger partial charge in [0.1, 0.15) is 5.02 Å². The van der Waals surface area contributed by atoms with Crippen LogP contribution in [0.25, 0.3) is 10.9 Å². The molecule has 142 valence electrons. The van der Waals surface area contributed by atoms with Crippen molar-refractivity contribution in [1.82, 2.24) is 10.4 Å². The third kappa shape index (κ3) is 4.65. The molecular weight excluding hydrogens is 400 g/mol. The first kappa shape index (κ1) is 19.8. The summed E-state index contributed by atoms with van der Waals surface area (Å²) in [6.45, 7) is 1.65. The second-order valence-electron chi connectivity index (χ2n) is 5.78. The number of halogens is 1. The average molecular weight is 415 g/mol. The van der Waals surface area contributed by atoms with E-state index in [0.29, 0.717) is 11.3 Å². The molecule has 1 aromatic heterocycles. The monoisotopic (exact) mass is 414 g/mol. The van der Waals surface area contributed by atoms with E-state index in [4.69, 9.17) is 11.6 Å². The highest BCUT2D eigenvalue weighted by atomic mass is 35.5. The molecule has 1 amide bonds. The van der Waals surface area contributed by atoms with Crippen LogP contribution < -0.4 is 5.43 Å². The van der Waals surface area contributed by atoms with Crippen LogP contribution in [0.15, 0.2) is 64.7 Å². The number of nitro benzene ring substituents is 1. The van der Waals surface area contributed by atoms with E-state index in [-0.39, 0.29) is 22.4 Å². The van der Waals surface area contributed by atoms with Gasteiger partial charge in [-0.05, 0) is 25.1 Å². The molecule has 1 heterocycles. The zero-order valence-electron chi connectivity index (χ0n) is 14.8. The van der Waals surface area contributed by atoms with Crippen molar-refractivity contribution < 1.29 is 9.72 Å². The first-order valence-electron chi connectivity index (χ1n) is 8.19. The number of nitrogens with one attached hydrogen (secondary N) is 1. The average Bonchev–Trinajstić information content (AvgIpc) is 2.70. The molecular formula is C19H15ClN4O3S. The van der Waals surface area contributed by atoms with E-state index < -0.39 is 4.92 Å². The fourth-order valence-corrected chi connectivity index (χ4v) is 3.48. The third-order valence-corrected chi connectivity index (χ3v) is 5.23. The molecule has 9 heteroatoms. The number of hydrogen-bond acceptors (Lipinski definition) is 6. The number of benzene rings is 2. The van der Waals surface area contributed by atoms with Crippen LogP contribution in [-0.2, 0) is 4.79 Å². The number of fused-ring (bicyclic) bond motifs is 1. The second-order valence-corrected chi connectivity index (χ2v) is 7.20. The standard InChI is InChI=1S/C19H15ClN4O3S/c1-12(14-7-8-15(20)16(10-14)24(26)27)22-23-18(25)11-28-17-6-2-4-13-5-3-9-21-19(13)17/h2-10H,11H2,1H3,(H,23,25)/b22-12-. The summed E-state index contributed by atoms with van der Waals surface area (Å²) < 4.78 is 0. The van der Waals surface area contributed by atoms with Gasteiger partial charge in [-0.3, -0.25) is 19.9 Å². The Hall–Kier alpha value is -2.97. The number of nitro groups is 1. The van der Waals surface area contributed by atoms with E-state index in [1.807, 2.05) is 30.3 Å². The summed E-state index contributed by atoms with van der Waals surface area (Å²) in [5.41, 5.74) is 4.04. The summed E-state index contributed by atoms with van der Waals surface area (Å²) >= 11 is 7.17. The maximum absolute atomic E-state index is 12.1. The van der Waals surface area contributed by atoms with Crippen LogP contribution in [0.4, 0.5) is 5.69 Å². The minimum absolute atomic E-state index is 0.0469. The molecule has 0 fully saturated rings. The van der Waals surface area contributed by atoms with Gasteiger partial charge in [-0.15, -0.1) is 11.8 Å². The number of aromatic nitrogens is 1. The van der Waals surface area contributed by atoms with Crippen LogP contribution in [0.1, 0.15) is 12.5 Å². The van der Waals surface area contributed by atoms with E-state index in [2.05, 4.69) is 15.5 Å². The highest BCUT2D eigenvalue weighted by Crippen LogP contribution is 2.26. The molecule has 0 spiro atoms. The Balaban J connectivity index is 1.65. The summed E-state index contributed by atoms with van der Waals surface area (Å²) in [5.74, 6) is -0.131. The quantitative estimate of drug-likeness (QED) is 0.278. The highest BCUT2D eigenvalue weighted by molar-refractivity contribution is 8.00. The van der Waals surface area contributed by atoms with Gasteiger partial charge in [-0.25, -0.2) is 5.43 Å². The number of hydrazone groups is 1. The lowest BCUT2D eigenvalue weighted by atomic mass is 10.1. The highest BCUT2D eigenvalue weighted by Gasteiger charge is 2.14. The van der Waals surface area contributed by atoms with E-state index in [9.17, 15) is 14.9 Å². The summed E-state index contributed by atoms with van der Waals surface area (Å²) in [6, 6.07) is 14.0. The molecule has 0 saturated carbocycles. The van der Waals surface area contributed by atoms with Crippen LogP contribution in [0.5, 0.6) is 0 Å². The predicted molar refractivity (Wildman–Crippen MR) is 111 cm³/mol. The zero-order chi connectivity index (χ0) is 20.1. The van der Waals surface area contributed by atoms with Crippen molar-refractivity contribution >= 4 is 51.6 Å². The lowest BCUT2D eigenvalue weighted by Gasteiger charge is -2.06. The first-order chi connectivity index (χ1) is 13.5. The number of carbonyl (C=O) groups excluding carboxylic acids is 1. The van der Waals surface area contributed by atoms with Crippen molar-refractivity contribution in [3.8, 4) is 0 Å². The SMILES string of the molecule is C/C(=N/NC(=O)CSc1cccc2cccnc12)c1ccc(Cl)c([N+](=O)[O-])c1. The minimum atomic E-state index is -0.563. The van der Waals surface area contributed by atoms with Gasteiger partial charge in [-0.2, -0.15) is 5.10 Å². The summed E-state index contributed by atoms with van der Waals surface area (Å²) in [4.78, 5) is 27.8. The third-order valence-electron chi connectivity index (χ3n) is 3.86. The van der Waals surface area contributed by atoms with E-state index >= 15 is 0 Å². The lowest BCUT2D eigenvalue weighted by Crippen LogP contribution is -2.21. The first-order valence-corrected chi connectivity index (χ1v) is 9.56. The lowest BCUT2D eigenvalue weighted by molar-refractivity contribution is -0.384. The summed E-state index contributed by atoms with van der Waals surface area (Å²) in [7, 11) is 0. The van der Waals surface area contributed by atoms with Crippen molar-refractivity contribution in [1.29, 1.82) is 0 Å². The normalized spacial score (nSPS) is 11.4. The molecule has 0 saturated heterocycles. The zero-order valence-corrected chi connectivity index (χ0v) is 16.3. The van der Waals surface area contributed by atoms with Crippen LogP contribution in [0, 0.1) is 10.1 Å². The van der Waals surface area contributed by atoms with Crippen molar-refractivity contribution in [2.24, 2.45) is 5.10 Å². The molecule has 0 radical (unpaired) electrons. The summed E-state index contributed by atoms with van der Waals surface area (Å²) in [5, 5.41) is 16.1. The minimum Gasteiger partial charge on any atom is -0.272 e. The Labute approximate surface area is 170 Å². The second kappa shape index (κ2) is 8.81. The molecule has 0 aliphatic carbocycles. The molecule has 0 atom stereocenters. The number of pyridine rings is 1. The molecule has 0 aliphatic rings. The van der Waals surface area contributed by atoms with E-state index in [1.165, 1.54) is 23.9 Å². The van der Waals surface area contributed by atoms with Gasteiger partial charge in [0.25, 0.3) is 5.69 Å². The number of carbonyl (C=O) groups is 1. The van der Waals surface area contributed by atoms with Gasteiger partial charge in [0.2, 0.25) is 5.91 Å². The number of hydrogen-bond donors (Lipinski definition) is 1. The van der Waals surface area contributed by atoms with Gasteiger partial charge in [0.05, 0.1) is 21.9 Å². The Kier molecular flexibility index (Phi) is 6.23. The molecule has 2 aromatic carbocycles. The topological polar surface area (TPSA) is 97.5 Å². The Morgan fingerprint density at radius 3 is 2.86 bits per heavy atom. The van der Waals surface area contributed by atoms with Gasteiger partial charge in [0.15, 0.2) is 0 Å². The number of thioether (sulfide) groups is 1. The van der Waals surface area contributed by atoms with Crippen molar-refractivity contribution in [3.63, 3.8) is 0 Å². The Morgan fingerprint density at radius 1 is 1.29 bits per heavy atom. The maximum Gasteiger partial charge on any atom is 0.288 e. The van der Waals surface area contributed by atoms with Crippen LogP contribution >= 0.6 is 23.4 Å². The molecule has 1 N–H and O–H groups in total. The van der Waals surface area contributed by atoms with Gasteiger partial charge in [0, 0.05) is 28.1 Å². The molecule has 7 nitrogen and oxygen atoms in total. The maximum atomic E-state index is 12.1. The molecule has 0 aliphatic heterocycles. The van der Waals surface area contributed by atoms with Crippen molar-refractivity contribution in [2.45, 2.75) is 11.8 Å². The number of amides is 1. The van der Waals surface area contributed by atoms with E-state index in [0.717, 1.165) is 15.8 Å². The van der Waals surface area contributed by atoms with Gasteiger partial charge >= 0.3 is 0 Å². The van der Waals surface area contributed by atoms with Gasteiger partial charge in [-0.1, -0.05) is 35.9 Å². The fraction of sp³-hybridized carbons (Fsp3) is 0.105. The fourth-order valence-electron chi connectivity index (χ4n) is 2.46. The van der Waals surface area contributed by atoms with Crippen molar-refractivity contribution in [3.05, 3.63) is 75.4 Å². The molecule has 3 aromatic rings. The van der Waals surface area contributed by atoms with Crippen LogP contribution in [-0.4, -0.2) is 27.3 Å². The smallest absolute Gasteiger partial charge is 0.272 e. The van der Waals surface area contributed by atoms with Crippen LogP contribution in [0.3, 0.4) is 0 Å². The Morgan fingerprint density at radius 2 is 2.07 bits per heavy atom. The molecule has 0 bridgehead atoms. The Bertz CT molecular complexity index is 1080. The molecule has 28 heavy (non-hydrogen) atoms. The van der Waals surface area contributed by atoms with Gasteiger partial charge < -0.3 is 0 Å². The summed E-state index contributed by atoms with van der Waals surface area (Å²) in [6.07, 6.45) is 1.71. The number of para-hydroxylation sites is 1. The number of rotatable bonds is 6. The number of nitrogens with zero attached hydrogens (tertiary/aromatic N) is 3. The molecule has 3 rings (SSSR count). The van der Waals surface area contributed by atoms with Crippen LogP contribution in [0.2, 0.25) is 5.02 Å². The molecule has 0 unspecified atom stereocenters. The predicted octanol–water partition coefficient (Wildman–Crippen LogP) is 4.43. The van der Waals surface area contributed by atoms with E-state index in [1.54, 1.807) is 19.2 Å². The largest absolute Gasteiger partial charge is 0.288 e. The van der Waals surface area contributed by atoms with Crippen molar-refractivity contribution in [2.75, 3.05) is 5.75 Å².